The maximum Gasteiger partial charge on any atom is 0.463 e. The number of amides is 1. The van der Waals surface area contributed by atoms with Crippen LogP contribution in [0.5, 0.6) is 5.75 Å². The molecule has 0 aliphatic rings. The first kappa shape index (κ1) is 21.1. The molecule has 13 heteroatoms. The molecular weight excluding hydrogens is 375 g/mol. The molecule has 144 valence electrons. The predicted molar refractivity (Wildman–Crippen MR) is 73.4 cm³/mol. The summed E-state index contributed by atoms with van der Waals surface area (Å²) in [6.07, 6.45) is -6.89. The fourth-order valence-electron chi connectivity index (χ4n) is 1.79. The third kappa shape index (κ3) is 4.55. The maximum atomic E-state index is 13.0. The second-order valence-corrected chi connectivity index (χ2v) is 4.91. The van der Waals surface area contributed by atoms with Crippen LogP contribution in [-0.2, 0) is 20.7 Å². The molecule has 0 unspecified atom stereocenters. The van der Waals surface area contributed by atoms with Crippen molar-refractivity contribution in [1.82, 2.24) is 5.32 Å². The van der Waals surface area contributed by atoms with Crippen molar-refractivity contribution in [2.45, 2.75) is 24.6 Å². The number of carbonyl (C=O) groups excluding carboxylic acids is 2. The average molecular weight is 386 g/mol. The van der Waals surface area contributed by atoms with E-state index in [1.54, 1.807) is 0 Å². The van der Waals surface area contributed by atoms with E-state index in [9.17, 15) is 46.8 Å². The molecule has 1 rings (SSSR count). The number of hydrogen-bond donors (Lipinski definition) is 2. The Balaban J connectivity index is 3.10. The molecule has 1 atom stereocenters. The molecule has 0 spiro atoms. The number of methoxy groups -OCH3 is 1. The van der Waals surface area contributed by atoms with Crippen molar-refractivity contribution < 1.29 is 46.3 Å². The number of phenols is 1. The highest BCUT2D eigenvalue weighted by atomic mass is 19.4. The minimum Gasteiger partial charge on any atom is -0.502 e. The topological polar surface area (TPSA) is 119 Å². The van der Waals surface area contributed by atoms with Gasteiger partial charge in [0.25, 0.3) is 0 Å². The number of alkyl halides is 5. The minimum absolute atomic E-state index is 0.111. The van der Waals surface area contributed by atoms with E-state index in [0.29, 0.717) is 0 Å². The number of hydrogen-bond acceptors (Lipinski definition) is 6. The molecule has 26 heavy (non-hydrogen) atoms. The van der Waals surface area contributed by atoms with E-state index in [4.69, 9.17) is 0 Å². The van der Waals surface area contributed by atoms with Crippen LogP contribution in [0.25, 0.3) is 0 Å². The molecule has 8 nitrogen and oxygen atoms in total. The van der Waals surface area contributed by atoms with Crippen molar-refractivity contribution in [3.05, 3.63) is 33.9 Å². The number of nitrogens with zero attached hydrogens (tertiary/aromatic N) is 1. The molecule has 0 bridgehead atoms. The Kier molecular flexibility index (Phi) is 6.07. The molecule has 0 radical (unpaired) electrons. The molecule has 1 aromatic rings. The third-order valence-electron chi connectivity index (χ3n) is 3.11. The fraction of sp³-hybridized carbons (Fsp3) is 0.385. The number of esters is 1. The highest BCUT2D eigenvalue weighted by molar-refractivity contribution is 5.89. The van der Waals surface area contributed by atoms with Crippen molar-refractivity contribution in [1.29, 1.82) is 0 Å². The lowest BCUT2D eigenvalue weighted by molar-refractivity contribution is -0.385. The predicted octanol–water partition coefficient (Wildman–Crippen LogP) is 1.70. The van der Waals surface area contributed by atoms with Gasteiger partial charge in [0.1, 0.15) is 6.04 Å². The summed E-state index contributed by atoms with van der Waals surface area (Å²) in [5.41, 5.74) is -0.904. The van der Waals surface area contributed by atoms with Crippen molar-refractivity contribution >= 4 is 17.6 Å². The Labute approximate surface area is 141 Å². The second kappa shape index (κ2) is 7.49. The van der Waals surface area contributed by atoms with Gasteiger partial charge >= 0.3 is 29.7 Å². The summed E-state index contributed by atoms with van der Waals surface area (Å²) < 4.78 is 66.8. The van der Waals surface area contributed by atoms with E-state index in [1.165, 1.54) is 5.32 Å². The van der Waals surface area contributed by atoms with Crippen LogP contribution >= 0.6 is 0 Å². The van der Waals surface area contributed by atoms with E-state index in [0.717, 1.165) is 25.3 Å². The summed E-state index contributed by atoms with van der Waals surface area (Å²) in [4.78, 5) is 32.5. The molecule has 0 aromatic heterocycles. The lowest BCUT2D eigenvalue weighted by Crippen LogP contribution is -2.55. The van der Waals surface area contributed by atoms with Crippen LogP contribution in [0, 0.1) is 10.1 Å². The van der Waals surface area contributed by atoms with Gasteiger partial charge < -0.3 is 15.2 Å². The van der Waals surface area contributed by atoms with Crippen molar-refractivity contribution in [2.75, 3.05) is 7.11 Å². The van der Waals surface area contributed by atoms with E-state index >= 15 is 0 Å². The molecule has 0 heterocycles. The first-order valence-corrected chi connectivity index (χ1v) is 6.61. The number of nitro groups is 1. The van der Waals surface area contributed by atoms with Crippen LogP contribution in [0.4, 0.5) is 27.6 Å². The second-order valence-electron chi connectivity index (χ2n) is 4.91. The lowest BCUT2D eigenvalue weighted by Gasteiger charge is -2.22. The van der Waals surface area contributed by atoms with Gasteiger partial charge in [-0.1, -0.05) is 6.07 Å². The molecule has 0 aliphatic heterocycles. The number of nitrogens with one attached hydrogen (secondary N) is 1. The lowest BCUT2D eigenvalue weighted by atomic mass is 10.0. The zero-order valence-electron chi connectivity index (χ0n) is 12.8. The standard InChI is InChI=1S/C13H11F5N2O6/c1-26-10(22)7(19-11(23)12(14,15)13(16,17)18)4-6-2-3-9(21)8(5-6)20(24)25/h2-3,5,7,21H,4H2,1H3,(H,19,23)/t7-/m0/s1. The summed E-state index contributed by atoms with van der Waals surface area (Å²) in [5, 5.41) is 21.2. The number of benzene rings is 1. The van der Waals surface area contributed by atoms with Gasteiger partial charge in [0.05, 0.1) is 12.0 Å². The fourth-order valence-corrected chi connectivity index (χ4v) is 1.79. The van der Waals surface area contributed by atoms with Crippen LogP contribution in [0.3, 0.4) is 0 Å². The largest absolute Gasteiger partial charge is 0.502 e. The number of ether oxygens (including phenoxy) is 1. The molecule has 0 aliphatic carbocycles. The highest BCUT2D eigenvalue weighted by Crippen LogP contribution is 2.35. The summed E-state index contributed by atoms with van der Waals surface area (Å²) in [5.74, 6) is -10.6. The molecule has 2 N–H and O–H groups in total. The van der Waals surface area contributed by atoms with E-state index < -0.39 is 52.8 Å². The third-order valence-corrected chi connectivity index (χ3v) is 3.11. The van der Waals surface area contributed by atoms with E-state index in [2.05, 4.69) is 4.74 Å². The highest BCUT2D eigenvalue weighted by Gasteiger charge is 2.63. The van der Waals surface area contributed by atoms with Crippen molar-refractivity contribution in [2.24, 2.45) is 0 Å². The first-order chi connectivity index (χ1) is 11.8. The summed E-state index contributed by atoms with van der Waals surface area (Å²) in [7, 11) is 0.794. The average Bonchev–Trinajstić information content (AvgIpc) is 2.53. The zero-order chi connectivity index (χ0) is 20.3. The van der Waals surface area contributed by atoms with Gasteiger partial charge in [-0.2, -0.15) is 22.0 Å². The molecular formula is C13H11F5N2O6. The number of rotatable bonds is 6. The number of halogens is 5. The minimum atomic E-state index is -6.19. The van der Waals surface area contributed by atoms with Crippen LogP contribution in [0.1, 0.15) is 5.56 Å². The molecule has 1 amide bonds. The van der Waals surface area contributed by atoms with Crippen LogP contribution in [-0.4, -0.2) is 47.2 Å². The van der Waals surface area contributed by atoms with Gasteiger partial charge in [0, 0.05) is 12.5 Å². The van der Waals surface area contributed by atoms with Crippen LogP contribution < -0.4 is 5.32 Å². The SMILES string of the molecule is COC(=O)[C@H](Cc1ccc(O)c([N+](=O)[O-])c1)NC(=O)C(F)(F)C(F)(F)F. The maximum absolute atomic E-state index is 13.0. The van der Waals surface area contributed by atoms with Crippen LogP contribution in [0.15, 0.2) is 18.2 Å². The first-order valence-electron chi connectivity index (χ1n) is 6.61. The molecule has 0 saturated heterocycles. The van der Waals surface area contributed by atoms with Gasteiger partial charge in [-0.15, -0.1) is 0 Å². The molecule has 1 aromatic carbocycles. The quantitative estimate of drug-likeness (QED) is 0.332. The van der Waals surface area contributed by atoms with Crippen LogP contribution in [0.2, 0.25) is 0 Å². The van der Waals surface area contributed by atoms with Crippen molar-refractivity contribution in [3.63, 3.8) is 0 Å². The van der Waals surface area contributed by atoms with Gasteiger partial charge in [0.15, 0.2) is 5.75 Å². The van der Waals surface area contributed by atoms with Gasteiger partial charge in [0.2, 0.25) is 0 Å². The molecule has 0 fully saturated rings. The Morgan fingerprint density at radius 2 is 1.88 bits per heavy atom. The Morgan fingerprint density at radius 1 is 1.31 bits per heavy atom. The van der Waals surface area contributed by atoms with Gasteiger partial charge in [-0.3, -0.25) is 14.9 Å². The normalized spacial score (nSPS) is 13.0. The summed E-state index contributed by atoms with van der Waals surface area (Å²) in [6, 6.07) is 0.685. The summed E-state index contributed by atoms with van der Waals surface area (Å²) in [6.45, 7) is 0. The Bertz CT molecular complexity index is 721. The zero-order valence-corrected chi connectivity index (χ0v) is 12.8. The number of phenolic OH excluding ortho intramolecular Hbond substituents is 1. The van der Waals surface area contributed by atoms with Gasteiger partial charge in [-0.05, 0) is 11.6 Å². The molecule has 0 saturated carbocycles. The van der Waals surface area contributed by atoms with Crippen molar-refractivity contribution in [3.8, 4) is 5.75 Å². The monoisotopic (exact) mass is 386 g/mol. The summed E-state index contributed by atoms with van der Waals surface area (Å²) >= 11 is 0. The van der Waals surface area contributed by atoms with Gasteiger partial charge in [-0.25, -0.2) is 4.79 Å². The Morgan fingerprint density at radius 3 is 2.35 bits per heavy atom. The van der Waals surface area contributed by atoms with E-state index in [-0.39, 0.29) is 5.56 Å². The Hall–Kier alpha value is -2.99. The number of carbonyl (C=O) groups is 2. The van der Waals surface area contributed by atoms with E-state index in [1.807, 2.05) is 0 Å². The number of nitro benzene ring substituents is 1. The number of aromatic hydroxyl groups is 1. The smallest absolute Gasteiger partial charge is 0.463 e.